The van der Waals surface area contributed by atoms with Crippen molar-refractivity contribution in [3.8, 4) is 11.5 Å². The van der Waals surface area contributed by atoms with Crippen LogP contribution in [0.15, 0.2) is 29.3 Å². The monoisotopic (exact) mass is 463 g/mol. The molecule has 34 heavy (non-hydrogen) atoms. The number of hydrogen-bond acceptors (Lipinski definition) is 7. The van der Waals surface area contributed by atoms with Gasteiger partial charge in [-0.2, -0.15) is 4.98 Å². The molecule has 178 valence electrons. The van der Waals surface area contributed by atoms with Crippen LogP contribution >= 0.6 is 0 Å². The number of methoxy groups -OCH3 is 2. The van der Waals surface area contributed by atoms with Gasteiger partial charge in [0.15, 0.2) is 11.5 Å². The zero-order valence-electron chi connectivity index (χ0n) is 19.8. The minimum absolute atomic E-state index is 0.0980. The summed E-state index contributed by atoms with van der Waals surface area (Å²) in [5.41, 5.74) is 2.40. The fraction of sp³-hybridized carbons (Fsp3) is 0.440. The Morgan fingerprint density at radius 3 is 2.62 bits per heavy atom. The number of carbonyl (C=O) groups excluding carboxylic acids is 1. The number of aryl methyl sites for hydroxylation is 2. The highest BCUT2D eigenvalue weighted by Crippen LogP contribution is 2.39. The average molecular weight is 464 g/mol. The van der Waals surface area contributed by atoms with E-state index in [1.54, 1.807) is 26.6 Å². The third kappa shape index (κ3) is 3.74. The number of nitrogens with one attached hydrogen (secondary N) is 1. The van der Waals surface area contributed by atoms with Gasteiger partial charge in [-0.25, -0.2) is 4.98 Å². The fourth-order valence-corrected chi connectivity index (χ4v) is 4.95. The summed E-state index contributed by atoms with van der Waals surface area (Å²) in [5.74, 6) is 1.52. The van der Waals surface area contributed by atoms with E-state index in [-0.39, 0.29) is 17.0 Å². The van der Waals surface area contributed by atoms with E-state index >= 15 is 0 Å². The quantitative estimate of drug-likeness (QED) is 0.600. The molecular formula is C25H29N5O4. The lowest BCUT2D eigenvalue weighted by atomic mass is 10.1. The zero-order valence-corrected chi connectivity index (χ0v) is 19.8. The molecule has 2 aliphatic rings. The number of hydrogen-bond donors (Lipinski definition) is 1. The van der Waals surface area contributed by atoms with Gasteiger partial charge in [-0.3, -0.25) is 9.59 Å². The van der Waals surface area contributed by atoms with Crippen LogP contribution in [0.25, 0.3) is 11.0 Å². The van der Waals surface area contributed by atoms with Gasteiger partial charge in [0.2, 0.25) is 11.4 Å². The Labute approximate surface area is 197 Å². The molecule has 0 saturated carbocycles. The normalized spacial score (nSPS) is 17.1. The molecule has 9 nitrogen and oxygen atoms in total. The van der Waals surface area contributed by atoms with E-state index in [1.807, 2.05) is 23.6 Å². The topological polar surface area (TPSA) is 98.6 Å². The van der Waals surface area contributed by atoms with Crippen LogP contribution < -0.4 is 25.1 Å². The molecule has 1 atom stereocenters. The summed E-state index contributed by atoms with van der Waals surface area (Å²) in [6.07, 6.45) is 6.96. The summed E-state index contributed by atoms with van der Waals surface area (Å²) >= 11 is 0. The molecule has 2 aromatic heterocycles. The van der Waals surface area contributed by atoms with Gasteiger partial charge < -0.3 is 24.3 Å². The minimum Gasteiger partial charge on any atom is -0.493 e. The largest absolute Gasteiger partial charge is 0.493 e. The third-order valence-corrected chi connectivity index (χ3v) is 6.80. The van der Waals surface area contributed by atoms with Gasteiger partial charge in [0.05, 0.1) is 25.6 Å². The minimum atomic E-state index is -0.398. The van der Waals surface area contributed by atoms with Crippen LogP contribution in [0.4, 0.5) is 5.95 Å². The van der Waals surface area contributed by atoms with E-state index in [0.29, 0.717) is 35.0 Å². The molecule has 1 amide bonds. The van der Waals surface area contributed by atoms with Gasteiger partial charge in [0, 0.05) is 32.0 Å². The van der Waals surface area contributed by atoms with Crippen LogP contribution in [0.5, 0.6) is 11.5 Å². The molecule has 0 bridgehead atoms. The SMILES string of the molecule is CCn1cc(C(=O)NC2CCc3cc(OC)c(OC)cc32)c(=O)c2cnc(N3CCCC3)nc21. The van der Waals surface area contributed by atoms with Gasteiger partial charge in [-0.15, -0.1) is 0 Å². The molecule has 0 radical (unpaired) electrons. The highest BCUT2D eigenvalue weighted by Gasteiger charge is 2.28. The Morgan fingerprint density at radius 1 is 1.18 bits per heavy atom. The van der Waals surface area contributed by atoms with E-state index in [0.717, 1.165) is 49.9 Å². The number of amides is 1. The summed E-state index contributed by atoms with van der Waals surface area (Å²) < 4.78 is 12.7. The summed E-state index contributed by atoms with van der Waals surface area (Å²) in [6, 6.07) is 3.65. The highest BCUT2D eigenvalue weighted by atomic mass is 16.5. The molecule has 9 heteroatoms. The van der Waals surface area contributed by atoms with Crippen molar-refractivity contribution in [1.82, 2.24) is 19.9 Å². The first-order valence-electron chi connectivity index (χ1n) is 11.7. The molecule has 1 aromatic carbocycles. The second-order valence-corrected chi connectivity index (χ2v) is 8.73. The molecule has 3 aromatic rings. The number of nitrogens with zero attached hydrogens (tertiary/aromatic N) is 4. The number of anilines is 1. The Balaban J connectivity index is 1.47. The predicted molar refractivity (Wildman–Crippen MR) is 129 cm³/mol. The number of benzene rings is 1. The van der Waals surface area contributed by atoms with Crippen molar-refractivity contribution in [2.24, 2.45) is 0 Å². The third-order valence-electron chi connectivity index (χ3n) is 6.80. The molecule has 1 aliphatic carbocycles. The molecule has 1 unspecified atom stereocenters. The van der Waals surface area contributed by atoms with E-state index in [4.69, 9.17) is 9.47 Å². The number of pyridine rings is 1. The second-order valence-electron chi connectivity index (χ2n) is 8.73. The van der Waals surface area contributed by atoms with Gasteiger partial charge in [0.25, 0.3) is 5.91 Å². The van der Waals surface area contributed by atoms with Crippen molar-refractivity contribution in [2.75, 3.05) is 32.2 Å². The Morgan fingerprint density at radius 2 is 1.91 bits per heavy atom. The molecular weight excluding hydrogens is 434 g/mol. The predicted octanol–water partition coefficient (Wildman–Crippen LogP) is 2.85. The van der Waals surface area contributed by atoms with Crippen molar-refractivity contribution in [2.45, 2.75) is 45.2 Å². The van der Waals surface area contributed by atoms with E-state index in [1.165, 1.54) is 0 Å². The van der Waals surface area contributed by atoms with Gasteiger partial charge in [-0.05, 0) is 55.9 Å². The molecule has 1 N–H and O–H groups in total. The standard InChI is InChI=1S/C25H29N5O4/c1-4-29-14-18(22(31)17-13-26-25(28-23(17)29)30-9-5-6-10-30)24(32)27-19-8-7-15-11-20(33-2)21(34-3)12-16(15)19/h11-14,19H,4-10H2,1-3H3,(H,27,32). The number of carbonyl (C=O) groups is 1. The van der Waals surface area contributed by atoms with Crippen LogP contribution in [0.2, 0.25) is 0 Å². The van der Waals surface area contributed by atoms with Crippen molar-refractivity contribution >= 4 is 22.9 Å². The summed E-state index contributed by atoms with van der Waals surface area (Å²) in [7, 11) is 3.20. The lowest BCUT2D eigenvalue weighted by molar-refractivity contribution is 0.0935. The molecule has 3 heterocycles. The fourth-order valence-electron chi connectivity index (χ4n) is 4.95. The van der Waals surface area contributed by atoms with Crippen LogP contribution in [0.3, 0.4) is 0 Å². The second kappa shape index (κ2) is 8.96. The maximum atomic E-state index is 13.3. The zero-order chi connectivity index (χ0) is 23.8. The first-order valence-corrected chi connectivity index (χ1v) is 11.7. The van der Waals surface area contributed by atoms with Crippen LogP contribution in [-0.2, 0) is 13.0 Å². The summed E-state index contributed by atoms with van der Waals surface area (Å²) in [4.78, 5) is 37.8. The number of aromatic nitrogens is 3. The Bertz CT molecular complexity index is 1310. The lowest BCUT2D eigenvalue weighted by Gasteiger charge is -2.18. The van der Waals surface area contributed by atoms with E-state index < -0.39 is 5.91 Å². The average Bonchev–Trinajstić information content (AvgIpc) is 3.53. The van der Waals surface area contributed by atoms with Crippen molar-refractivity contribution in [3.05, 3.63) is 51.4 Å². The highest BCUT2D eigenvalue weighted by molar-refractivity contribution is 5.97. The van der Waals surface area contributed by atoms with Gasteiger partial charge in [0.1, 0.15) is 11.2 Å². The lowest BCUT2D eigenvalue weighted by Crippen LogP contribution is -2.32. The number of rotatable bonds is 6. The Hall–Kier alpha value is -3.62. The smallest absolute Gasteiger partial charge is 0.257 e. The molecule has 5 rings (SSSR count). The molecule has 0 spiro atoms. The molecule has 1 aliphatic heterocycles. The first kappa shape index (κ1) is 22.2. The van der Waals surface area contributed by atoms with E-state index in [2.05, 4.69) is 20.2 Å². The molecule has 1 fully saturated rings. The van der Waals surface area contributed by atoms with Crippen LogP contribution in [0, 0.1) is 0 Å². The van der Waals surface area contributed by atoms with Gasteiger partial charge in [-0.1, -0.05) is 0 Å². The summed E-state index contributed by atoms with van der Waals surface area (Å²) in [6.45, 7) is 4.39. The maximum Gasteiger partial charge on any atom is 0.257 e. The number of ether oxygens (including phenoxy) is 2. The summed E-state index contributed by atoms with van der Waals surface area (Å²) in [5, 5.41) is 3.41. The Kier molecular flexibility index (Phi) is 5.85. The van der Waals surface area contributed by atoms with Crippen molar-refractivity contribution in [3.63, 3.8) is 0 Å². The number of fused-ring (bicyclic) bond motifs is 2. The van der Waals surface area contributed by atoms with E-state index in [9.17, 15) is 9.59 Å². The van der Waals surface area contributed by atoms with Gasteiger partial charge >= 0.3 is 0 Å². The van der Waals surface area contributed by atoms with Crippen LogP contribution in [-0.4, -0.2) is 47.8 Å². The van der Waals surface area contributed by atoms with Crippen molar-refractivity contribution < 1.29 is 14.3 Å². The van der Waals surface area contributed by atoms with Crippen molar-refractivity contribution in [1.29, 1.82) is 0 Å². The first-order chi connectivity index (χ1) is 16.5. The molecule has 1 saturated heterocycles. The maximum absolute atomic E-state index is 13.3. The van der Waals surface area contributed by atoms with Crippen LogP contribution in [0.1, 0.15) is 53.7 Å².